The van der Waals surface area contributed by atoms with Crippen molar-refractivity contribution in [2.45, 2.75) is 20.5 Å². The minimum absolute atomic E-state index is 0.197. The number of ether oxygens (including phenoxy) is 1. The van der Waals surface area contributed by atoms with Gasteiger partial charge in [0, 0.05) is 16.8 Å². The topological polar surface area (TPSA) is 76.4 Å². The van der Waals surface area contributed by atoms with E-state index in [0.717, 1.165) is 39.0 Å². The summed E-state index contributed by atoms with van der Waals surface area (Å²) in [7, 11) is 0. The summed E-state index contributed by atoms with van der Waals surface area (Å²) in [5.74, 6) is 0.895. The molecule has 0 fully saturated rings. The number of anilines is 1. The van der Waals surface area contributed by atoms with Crippen LogP contribution in [-0.2, 0) is 6.61 Å². The standard InChI is InChI=1S/C30H25N3O3S/c1-19-8-15-25-27(16-19)36-29(31-25)23-10-9-20(2)26(17-23)32-30(37)33-28(34)22-11-13-24(14-12-22)35-18-21-6-4-3-5-7-21/h3-17H,18H2,1-2H3,(H2,32,33,34,37). The van der Waals surface area contributed by atoms with Crippen LogP contribution in [0.2, 0.25) is 0 Å². The Morgan fingerprint density at radius 3 is 2.51 bits per heavy atom. The van der Waals surface area contributed by atoms with Gasteiger partial charge in [0.1, 0.15) is 17.9 Å². The molecule has 5 rings (SSSR count). The van der Waals surface area contributed by atoms with Gasteiger partial charge >= 0.3 is 0 Å². The molecule has 2 N–H and O–H groups in total. The largest absolute Gasteiger partial charge is 0.489 e. The van der Waals surface area contributed by atoms with Gasteiger partial charge in [-0.2, -0.15) is 0 Å². The van der Waals surface area contributed by atoms with E-state index in [-0.39, 0.29) is 11.0 Å². The number of hydrogen-bond acceptors (Lipinski definition) is 5. The monoisotopic (exact) mass is 507 g/mol. The fourth-order valence-electron chi connectivity index (χ4n) is 3.82. The maximum atomic E-state index is 12.7. The third-order valence-corrected chi connectivity index (χ3v) is 6.07. The molecule has 1 aromatic heterocycles. The van der Waals surface area contributed by atoms with E-state index in [1.54, 1.807) is 24.3 Å². The van der Waals surface area contributed by atoms with Crippen molar-refractivity contribution in [3.05, 3.63) is 113 Å². The number of nitrogens with one attached hydrogen (secondary N) is 2. The Kier molecular flexibility index (Phi) is 6.96. The van der Waals surface area contributed by atoms with Crippen molar-refractivity contribution >= 4 is 40.0 Å². The number of carbonyl (C=O) groups is 1. The molecule has 7 heteroatoms. The third-order valence-electron chi connectivity index (χ3n) is 5.87. The normalized spacial score (nSPS) is 10.8. The van der Waals surface area contributed by atoms with Gasteiger partial charge in [-0.3, -0.25) is 10.1 Å². The number of amides is 1. The summed E-state index contributed by atoms with van der Waals surface area (Å²) in [5, 5.41) is 6.05. The predicted molar refractivity (Wildman–Crippen MR) is 150 cm³/mol. The Bertz CT molecular complexity index is 1580. The Hall–Kier alpha value is -4.49. The van der Waals surface area contributed by atoms with Crippen LogP contribution in [0.3, 0.4) is 0 Å². The van der Waals surface area contributed by atoms with Crippen molar-refractivity contribution in [2.75, 3.05) is 5.32 Å². The lowest BCUT2D eigenvalue weighted by Crippen LogP contribution is -2.34. The number of thiocarbonyl (C=S) groups is 1. The number of aryl methyl sites for hydroxylation is 2. The quantitative estimate of drug-likeness (QED) is 0.246. The zero-order valence-electron chi connectivity index (χ0n) is 20.4. The van der Waals surface area contributed by atoms with Crippen molar-refractivity contribution in [3.8, 4) is 17.2 Å². The Morgan fingerprint density at radius 2 is 1.73 bits per heavy atom. The van der Waals surface area contributed by atoms with E-state index in [0.29, 0.717) is 23.8 Å². The highest BCUT2D eigenvalue weighted by atomic mass is 32.1. The lowest BCUT2D eigenvalue weighted by atomic mass is 10.1. The van der Waals surface area contributed by atoms with Gasteiger partial charge in [-0.25, -0.2) is 4.98 Å². The summed E-state index contributed by atoms with van der Waals surface area (Å²) in [6.45, 7) is 4.43. The van der Waals surface area contributed by atoms with E-state index in [2.05, 4.69) is 15.6 Å². The molecule has 0 radical (unpaired) electrons. The van der Waals surface area contributed by atoms with E-state index in [9.17, 15) is 4.79 Å². The SMILES string of the molecule is Cc1ccc2nc(-c3ccc(C)c(NC(=S)NC(=O)c4ccc(OCc5ccccc5)cc4)c3)oc2c1. The molecule has 1 amide bonds. The number of nitrogens with zero attached hydrogens (tertiary/aromatic N) is 1. The van der Waals surface area contributed by atoms with Crippen LogP contribution in [0.25, 0.3) is 22.6 Å². The highest BCUT2D eigenvalue weighted by Crippen LogP contribution is 2.28. The molecule has 0 spiro atoms. The van der Waals surface area contributed by atoms with Crippen LogP contribution < -0.4 is 15.4 Å². The molecule has 0 aliphatic carbocycles. The molecule has 5 aromatic rings. The molecule has 4 aromatic carbocycles. The minimum atomic E-state index is -0.310. The van der Waals surface area contributed by atoms with Crippen molar-refractivity contribution in [1.29, 1.82) is 0 Å². The second kappa shape index (κ2) is 10.6. The van der Waals surface area contributed by atoms with E-state index in [4.69, 9.17) is 21.4 Å². The predicted octanol–water partition coefficient (Wildman–Crippen LogP) is 6.82. The molecule has 0 bridgehead atoms. The second-order valence-corrected chi connectivity index (χ2v) is 9.14. The number of aromatic nitrogens is 1. The first kappa shape index (κ1) is 24.2. The number of hydrogen-bond donors (Lipinski definition) is 2. The lowest BCUT2D eigenvalue weighted by Gasteiger charge is -2.13. The van der Waals surface area contributed by atoms with Crippen molar-refractivity contribution < 1.29 is 13.9 Å². The molecule has 1 heterocycles. The first-order chi connectivity index (χ1) is 17.9. The van der Waals surface area contributed by atoms with Crippen LogP contribution >= 0.6 is 12.2 Å². The average Bonchev–Trinajstić information content (AvgIpc) is 3.33. The van der Waals surface area contributed by atoms with Crippen LogP contribution in [-0.4, -0.2) is 16.0 Å². The minimum Gasteiger partial charge on any atom is -0.489 e. The summed E-state index contributed by atoms with van der Waals surface area (Å²) < 4.78 is 11.7. The third kappa shape index (κ3) is 5.85. The van der Waals surface area contributed by atoms with Gasteiger partial charge < -0.3 is 14.5 Å². The van der Waals surface area contributed by atoms with Gasteiger partial charge in [0.2, 0.25) is 5.89 Å². The Balaban J connectivity index is 1.22. The van der Waals surface area contributed by atoms with E-state index in [1.165, 1.54) is 0 Å². The van der Waals surface area contributed by atoms with E-state index < -0.39 is 0 Å². The summed E-state index contributed by atoms with van der Waals surface area (Å²) in [6, 6.07) is 28.6. The molecular formula is C30H25N3O3S. The van der Waals surface area contributed by atoms with E-state index in [1.807, 2.05) is 80.6 Å². The van der Waals surface area contributed by atoms with Crippen molar-refractivity contribution in [3.63, 3.8) is 0 Å². The number of fused-ring (bicyclic) bond motifs is 1. The zero-order chi connectivity index (χ0) is 25.8. The van der Waals surface area contributed by atoms with Gasteiger partial charge in [0.25, 0.3) is 5.91 Å². The Labute approximate surface area is 220 Å². The second-order valence-electron chi connectivity index (χ2n) is 8.73. The first-order valence-corrected chi connectivity index (χ1v) is 12.2. The summed E-state index contributed by atoms with van der Waals surface area (Å²) >= 11 is 5.41. The van der Waals surface area contributed by atoms with Gasteiger partial charge in [-0.15, -0.1) is 0 Å². The van der Waals surface area contributed by atoms with E-state index >= 15 is 0 Å². The zero-order valence-corrected chi connectivity index (χ0v) is 21.3. The van der Waals surface area contributed by atoms with Crippen LogP contribution in [0, 0.1) is 13.8 Å². The maximum Gasteiger partial charge on any atom is 0.257 e. The summed E-state index contributed by atoms with van der Waals surface area (Å²) in [4.78, 5) is 17.3. The number of carbonyl (C=O) groups excluding carboxylic acids is 1. The number of oxazole rings is 1. The highest BCUT2D eigenvalue weighted by Gasteiger charge is 2.13. The van der Waals surface area contributed by atoms with Crippen LogP contribution in [0.4, 0.5) is 5.69 Å². The van der Waals surface area contributed by atoms with Crippen LogP contribution in [0.5, 0.6) is 5.75 Å². The van der Waals surface area contributed by atoms with Gasteiger partial charge in [0.05, 0.1) is 0 Å². The molecule has 0 unspecified atom stereocenters. The molecule has 37 heavy (non-hydrogen) atoms. The molecule has 184 valence electrons. The molecule has 0 aliphatic heterocycles. The van der Waals surface area contributed by atoms with Gasteiger partial charge in [-0.1, -0.05) is 42.5 Å². The van der Waals surface area contributed by atoms with Gasteiger partial charge in [-0.05, 0) is 91.3 Å². The highest BCUT2D eigenvalue weighted by molar-refractivity contribution is 7.80. The molecule has 0 saturated carbocycles. The van der Waals surface area contributed by atoms with Crippen molar-refractivity contribution in [1.82, 2.24) is 10.3 Å². The number of rotatable bonds is 6. The van der Waals surface area contributed by atoms with Gasteiger partial charge in [0.15, 0.2) is 10.7 Å². The molecule has 6 nitrogen and oxygen atoms in total. The number of benzene rings is 4. The molecule has 0 atom stereocenters. The van der Waals surface area contributed by atoms with Crippen LogP contribution in [0.15, 0.2) is 95.4 Å². The smallest absolute Gasteiger partial charge is 0.257 e. The maximum absolute atomic E-state index is 12.7. The van der Waals surface area contributed by atoms with Crippen molar-refractivity contribution in [2.24, 2.45) is 0 Å². The fraction of sp³-hybridized carbons (Fsp3) is 0.100. The summed E-state index contributed by atoms with van der Waals surface area (Å²) in [6.07, 6.45) is 0. The lowest BCUT2D eigenvalue weighted by molar-refractivity contribution is 0.0977. The van der Waals surface area contributed by atoms with Crippen LogP contribution in [0.1, 0.15) is 27.0 Å². The summed E-state index contributed by atoms with van der Waals surface area (Å²) in [5.41, 5.74) is 6.73. The fourth-order valence-corrected chi connectivity index (χ4v) is 4.02. The molecule has 0 aliphatic rings. The first-order valence-electron chi connectivity index (χ1n) is 11.8. The molecule has 0 saturated heterocycles. The molecular weight excluding hydrogens is 482 g/mol. The Morgan fingerprint density at radius 1 is 0.946 bits per heavy atom. The average molecular weight is 508 g/mol.